The molecule has 1 aromatic heterocycles. The normalized spacial score (nSPS) is 32.4. The first-order valence-electron chi connectivity index (χ1n) is 7.01. The molecule has 1 aromatic rings. The van der Waals surface area contributed by atoms with Gasteiger partial charge in [0.1, 0.15) is 11.7 Å². The Morgan fingerprint density at radius 1 is 1.47 bits per heavy atom. The number of nitrogens with one attached hydrogen (secondary N) is 1. The topological polar surface area (TPSA) is 32.3 Å². The Morgan fingerprint density at radius 3 is 3.00 bits per heavy atom. The molecule has 2 unspecified atom stereocenters. The van der Waals surface area contributed by atoms with E-state index in [2.05, 4.69) is 27.0 Å². The van der Waals surface area contributed by atoms with Crippen LogP contribution in [0.5, 0.6) is 0 Å². The van der Waals surface area contributed by atoms with Crippen molar-refractivity contribution in [2.45, 2.75) is 42.6 Å². The predicted molar refractivity (Wildman–Crippen MR) is 79.4 cm³/mol. The first kappa shape index (κ1) is 12.2. The number of amides is 1. The Kier molecular flexibility index (Phi) is 2.90. The van der Waals surface area contributed by atoms with Crippen LogP contribution in [0.15, 0.2) is 16.8 Å². The molecule has 0 bridgehead atoms. The molecule has 3 fully saturated rings. The maximum Gasteiger partial charge on any atom is 0.244 e. The summed E-state index contributed by atoms with van der Waals surface area (Å²) < 4.78 is 0. The summed E-state index contributed by atoms with van der Waals surface area (Å²) in [6.45, 7) is 0.915. The minimum absolute atomic E-state index is 0.113. The zero-order valence-electron chi connectivity index (χ0n) is 10.8. The Hall–Kier alpha value is -0.520. The molecule has 3 nitrogen and oxygen atoms in total. The van der Waals surface area contributed by atoms with E-state index in [4.69, 9.17) is 0 Å². The average Bonchev–Trinajstić information content (AvgIpc) is 2.86. The summed E-state index contributed by atoms with van der Waals surface area (Å²) in [5, 5.41) is 8.50. The molecule has 4 rings (SSSR count). The van der Waals surface area contributed by atoms with E-state index >= 15 is 0 Å². The van der Waals surface area contributed by atoms with Gasteiger partial charge in [-0.15, -0.1) is 0 Å². The lowest BCUT2D eigenvalue weighted by Gasteiger charge is -2.26. The lowest BCUT2D eigenvalue weighted by atomic mass is 10.2. The zero-order valence-corrected chi connectivity index (χ0v) is 12.4. The Labute approximate surface area is 121 Å². The number of thiophene rings is 1. The van der Waals surface area contributed by atoms with Crippen molar-refractivity contribution in [3.63, 3.8) is 0 Å². The SMILES string of the molecule is O=C1N(CC2CCCS2)C(c2ccsc2)NC12CC2. The second kappa shape index (κ2) is 4.50. The molecular formula is C14H18N2OS2. The van der Waals surface area contributed by atoms with Crippen molar-refractivity contribution in [1.29, 1.82) is 0 Å². The van der Waals surface area contributed by atoms with Crippen LogP contribution in [0.2, 0.25) is 0 Å². The maximum absolute atomic E-state index is 12.6. The van der Waals surface area contributed by atoms with Crippen LogP contribution in [0, 0.1) is 0 Å². The van der Waals surface area contributed by atoms with Gasteiger partial charge in [0.2, 0.25) is 5.91 Å². The summed E-state index contributed by atoms with van der Waals surface area (Å²) in [7, 11) is 0. The predicted octanol–water partition coefficient (Wildman–Crippen LogP) is 2.61. The standard InChI is InChI=1S/C14H18N2OS2/c17-13-14(4-5-14)15-12(10-3-7-18-9-10)16(13)8-11-2-1-6-19-11/h3,7,9,11-12,15H,1-2,4-6,8H2. The van der Waals surface area contributed by atoms with Crippen molar-refractivity contribution >= 4 is 29.0 Å². The molecule has 19 heavy (non-hydrogen) atoms. The van der Waals surface area contributed by atoms with Gasteiger partial charge in [-0.1, -0.05) is 0 Å². The Bertz CT molecular complexity index is 478. The van der Waals surface area contributed by atoms with Gasteiger partial charge in [0.25, 0.3) is 0 Å². The molecule has 1 aliphatic carbocycles. The molecule has 1 N–H and O–H groups in total. The fourth-order valence-electron chi connectivity index (χ4n) is 3.17. The number of carbonyl (C=O) groups is 1. The van der Waals surface area contributed by atoms with Crippen LogP contribution in [0.4, 0.5) is 0 Å². The van der Waals surface area contributed by atoms with E-state index in [1.54, 1.807) is 11.3 Å². The largest absolute Gasteiger partial charge is 0.320 e. The zero-order chi connectivity index (χ0) is 12.9. The summed E-state index contributed by atoms with van der Waals surface area (Å²) >= 11 is 3.74. The summed E-state index contributed by atoms with van der Waals surface area (Å²) in [5.41, 5.74) is 1.06. The average molecular weight is 294 g/mol. The summed E-state index contributed by atoms with van der Waals surface area (Å²) in [4.78, 5) is 14.7. The van der Waals surface area contributed by atoms with Crippen molar-refractivity contribution in [2.75, 3.05) is 12.3 Å². The van der Waals surface area contributed by atoms with Crippen molar-refractivity contribution in [3.8, 4) is 0 Å². The van der Waals surface area contributed by atoms with E-state index in [1.165, 1.54) is 24.2 Å². The molecule has 3 heterocycles. The number of rotatable bonds is 3. The van der Waals surface area contributed by atoms with Gasteiger partial charge in [-0.2, -0.15) is 23.1 Å². The molecular weight excluding hydrogens is 276 g/mol. The maximum atomic E-state index is 12.6. The monoisotopic (exact) mass is 294 g/mol. The molecule has 2 aliphatic heterocycles. The van der Waals surface area contributed by atoms with Crippen LogP contribution in [-0.4, -0.2) is 33.9 Å². The fraction of sp³-hybridized carbons (Fsp3) is 0.643. The highest BCUT2D eigenvalue weighted by molar-refractivity contribution is 8.00. The van der Waals surface area contributed by atoms with Crippen LogP contribution in [0.3, 0.4) is 0 Å². The number of hydrogen-bond acceptors (Lipinski definition) is 4. The van der Waals surface area contributed by atoms with Gasteiger partial charge in [0.05, 0.1) is 0 Å². The van der Waals surface area contributed by atoms with Crippen molar-refractivity contribution < 1.29 is 4.79 Å². The van der Waals surface area contributed by atoms with Gasteiger partial charge in [-0.3, -0.25) is 10.1 Å². The van der Waals surface area contributed by atoms with E-state index < -0.39 is 0 Å². The smallest absolute Gasteiger partial charge is 0.244 e. The summed E-state index contributed by atoms with van der Waals surface area (Å²) in [5.74, 6) is 1.60. The van der Waals surface area contributed by atoms with Crippen LogP contribution in [0.25, 0.3) is 0 Å². The highest BCUT2D eigenvalue weighted by atomic mass is 32.2. The molecule has 1 amide bonds. The number of thioether (sulfide) groups is 1. The number of nitrogens with zero attached hydrogens (tertiary/aromatic N) is 1. The number of carbonyl (C=O) groups excluding carboxylic acids is 1. The van der Waals surface area contributed by atoms with Gasteiger partial charge in [0.15, 0.2) is 0 Å². The lowest BCUT2D eigenvalue weighted by Crippen LogP contribution is -2.36. The van der Waals surface area contributed by atoms with Gasteiger partial charge >= 0.3 is 0 Å². The molecule has 3 aliphatic rings. The van der Waals surface area contributed by atoms with E-state index in [1.807, 2.05) is 11.8 Å². The van der Waals surface area contributed by atoms with E-state index in [0.29, 0.717) is 11.2 Å². The van der Waals surface area contributed by atoms with Crippen LogP contribution >= 0.6 is 23.1 Å². The van der Waals surface area contributed by atoms with Crippen molar-refractivity contribution in [3.05, 3.63) is 22.4 Å². The van der Waals surface area contributed by atoms with Crippen molar-refractivity contribution in [1.82, 2.24) is 10.2 Å². The third-order valence-electron chi connectivity index (χ3n) is 4.43. The molecule has 0 aromatic carbocycles. The molecule has 1 spiro atoms. The highest BCUT2D eigenvalue weighted by Crippen LogP contribution is 2.46. The third-order valence-corrected chi connectivity index (χ3v) is 6.51. The van der Waals surface area contributed by atoms with E-state index in [-0.39, 0.29) is 11.7 Å². The van der Waals surface area contributed by atoms with Crippen LogP contribution < -0.4 is 5.32 Å². The first-order valence-corrected chi connectivity index (χ1v) is 9.00. The molecule has 2 saturated heterocycles. The minimum Gasteiger partial charge on any atom is -0.320 e. The van der Waals surface area contributed by atoms with Gasteiger partial charge in [-0.05, 0) is 53.8 Å². The first-order chi connectivity index (χ1) is 9.28. The van der Waals surface area contributed by atoms with E-state index in [0.717, 1.165) is 19.4 Å². The molecule has 1 saturated carbocycles. The van der Waals surface area contributed by atoms with E-state index in [9.17, 15) is 4.79 Å². The minimum atomic E-state index is -0.199. The van der Waals surface area contributed by atoms with Crippen LogP contribution in [0.1, 0.15) is 37.4 Å². The lowest BCUT2D eigenvalue weighted by molar-refractivity contribution is -0.130. The molecule has 102 valence electrons. The Balaban J connectivity index is 1.58. The van der Waals surface area contributed by atoms with Gasteiger partial charge in [0, 0.05) is 11.8 Å². The quantitative estimate of drug-likeness (QED) is 0.930. The van der Waals surface area contributed by atoms with Crippen LogP contribution in [-0.2, 0) is 4.79 Å². The highest BCUT2D eigenvalue weighted by Gasteiger charge is 2.59. The molecule has 2 atom stereocenters. The molecule has 0 radical (unpaired) electrons. The van der Waals surface area contributed by atoms with Gasteiger partial charge in [-0.25, -0.2) is 0 Å². The fourth-order valence-corrected chi connectivity index (χ4v) is 5.11. The Morgan fingerprint density at radius 2 is 2.37 bits per heavy atom. The summed E-state index contributed by atoms with van der Waals surface area (Å²) in [6.07, 6.45) is 4.71. The van der Waals surface area contributed by atoms with Gasteiger partial charge < -0.3 is 4.90 Å². The molecule has 5 heteroatoms. The summed E-state index contributed by atoms with van der Waals surface area (Å²) in [6, 6.07) is 2.14. The third kappa shape index (κ3) is 2.03. The number of hydrogen-bond donors (Lipinski definition) is 1. The second-order valence-corrected chi connectivity index (χ2v) is 7.97. The van der Waals surface area contributed by atoms with Crippen molar-refractivity contribution in [2.24, 2.45) is 0 Å². The second-order valence-electron chi connectivity index (χ2n) is 5.78.